The second-order valence-electron chi connectivity index (χ2n) is 6.93. The van der Waals surface area contributed by atoms with E-state index in [1.807, 2.05) is 19.9 Å². The van der Waals surface area contributed by atoms with Gasteiger partial charge in [-0.3, -0.25) is 19.1 Å². The van der Waals surface area contributed by atoms with Crippen LogP contribution < -0.4 is 10.7 Å². The summed E-state index contributed by atoms with van der Waals surface area (Å²) in [7, 11) is 0. The lowest BCUT2D eigenvalue weighted by molar-refractivity contribution is -0.122. The van der Waals surface area contributed by atoms with Crippen LogP contribution in [-0.4, -0.2) is 22.3 Å². The van der Waals surface area contributed by atoms with Gasteiger partial charge in [-0.15, -0.1) is 11.6 Å². The maximum atomic E-state index is 13.2. The third kappa shape index (κ3) is 2.21. The molecule has 2 aliphatic rings. The van der Waals surface area contributed by atoms with Gasteiger partial charge in [-0.2, -0.15) is 0 Å². The molecular weight excluding hydrogens is 356 g/mol. The van der Waals surface area contributed by atoms with Crippen molar-refractivity contribution >= 4 is 29.1 Å². The fourth-order valence-electron chi connectivity index (χ4n) is 4.45. The third-order valence-corrected chi connectivity index (χ3v) is 5.77. The SMILES string of the molecule is C[C@H]1c2oc(=O)n(CCCl)c2[C@H](C)[C@H]2C(=O)N(c3ccccc3)C(=O)[C@H]21. The van der Waals surface area contributed by atoms with Crippen molar-refractivity contribution in [2.45, 2.75) is 32.2 Å². The highest BCUT2D eigenvalue weighted by Crippen LogP contribution is 2.51. The number of carbonyl (C=O) groups is 2. The first-order valence-corrected chi connectivity index (χ1v) is 9.23. The van der Waals surface area contributed by atoms with Crippen molar-refractivity contribution < 1.29 is 14.0 Å². The van der Waals surface area contributed by atoms with Gasteiger partial charge in [-0.25, -0.2) is 4.79 Å². The monoisotopic (exact) mass is 374 g/mol. The first kappa shape index (κ1) is 17.1. The van der Waals surface area contributed by atoms with Gasteiger partial charge in [0.1, 0.15) is 5.76 Å². The van der Waals surface area contributed by atoms with Crippen molar-refractivity contribution in [3.63, 3.8) is 0 Å². The first-order chi connectivity index (χ1) is 12.5. The van der Waals surface area contributed by atoms with Crippen molar-refractivity contribution in [2.24, 2.45) is 11.8 Å². The summed E-state index contributed by atoms with van der Waals surface area (Å²) in [5.41, 5.74) is 1.27. The van der Waals surface area contributed by atoms with Crippen LogP contribution in [-0.2, 0) is 16.1 Å². The molecule has 1 aliphatic carbocycles. The van der Waals surface area contributed by atoms with Crippen molar-refractivity contribution in [2.75, 3.05) is 10.8 Å². The Morgan fingerprint density at radius 3 is 2.23 bits per heavy atom. The Bertz CT molecular complexity index is 933. The lowest BCUT2D eigenvalue weighted by Crippen LogP contribution is -2.34. The van der Waals surface area contributed by atoms with Crippen LogP contribution in [0.15, 0.2) is 39.5 Å². The molecule has 2 aromatic rings. The average molecular weight is 375 g/mol. The van der Waals surface area contributed by atoms with E-state index >= 15 is 0 Å². The Morgan fingerprint density at radius 2 is 1.62 bits per heavy atom. The van der Waals surface area contributed by atoms with E-state index in [1.165, 1.54) is 9.47 Å². The number of oxazole rings is 1. The zero-order valence-electron chi connectivity index (χ0n) is 14.5. The number of aromatic nitrogens is 1. The van der Waals surface area contributed by atoms with Crippen LogP contribution in [0.5, 0.6) is 0 Å². The highest BCUT2D eigenvalue weighted by Gasteiger charge is 2.57. The number of hydrogen-bond donors (Lipinski definition) is 0. The fourth-order valence-corrected chi connectivity index (χ4v) is 4.62. The van der Waals surface area contributed by atoms with Gasteiger partial charge < -0.3 is 4.42 Å². The number of rotatable bonds is 3. The van der Waals surface area contributed by atoms with Crippen LogP contribution in [0.2, 0.25) is 0 Å². The number of hydrogen-bond acceptors (Lipinski definition) is 4. The number of nitrogens with zero attached hydrogens (tertiary/aromatic N) is 2. The van der Waals surface area contributed by atoms with Gasteiger partial charge in [0.05, 0.1) is 23.2 Å². The van der Waals surface area contributed by atoms with E-state index in [-0.39, 0.29) is 29.5 Å². The molecule has 1 saturated heterocycles. The molecule has 4 atom stereocenters. The first-order valence-electron chi connectivity index (χ1n) is 8.69. The quantitative estimate of drug-likeness (QED) is 0.611. The Morgan fingerprint density at radius 1 is 1.00 bits per heavy atom. The molecule has 7 heteroatoms. The highest BCUT2D eigenvalue weighted by atomic mass is 35.5. The number of carbonyl (C=O) groups excluding carboxylic acids is 2. The van der Waals surface area contributed by atoms with Gasteiger partial charge >= 0.3 is 5.76 Å². The van der Waals surface area contributed by atoms with Crippen molar-refractivity contribution in [1.82, 2.24) is 4.57 Å². The number of anilines is 1. The second-order valence-corrected chi connectivity index (χ2v) is 7.31. The molecule has 1 fully saturated rings. The molecule has 0 bridgehead atoms. The smallest absolute Gasteiger partial charge is 0.412 e. The molecule has 0 spiro atoms. The number of imide groups is 1. The summed E-state index contributed by atoms with van der Waals surface area (Å²) in [6, 6.07) is 8.94. The molecule has 136 valence electrons. The number of alkyl halides is 1. The summed E-state index contributed by atoms with van der Waals surface area (Å²) in [6.07, 6.45) is 0. The molecule has 0 N–H and O–H groups in total. The Labute approximate surface area is 155 Å². The molecule has 4 rings (SSSR count). The van der Waals surface area contributed by atoms with Crippen LogP contribution in [0.4, 0.5) is 5.69 Å². The number of fused-ring (bicyclic) bond motifs is 2. The molecule has 2 heterocycles. The standard InChI is InChI=1S/C19H19ClN2O4/c1-10-13-14(11(2)16-15(10)21(9-8-20)19(25)26-16)18(24)22(17(13)23)12-6-4-3-5-7-12/h3-7,10-11,13-14H,8-9H2,1-2H3/t10-,11-,13-,14+/m1/s1. The highest BCUT2D eigenvalue weighted by molar-refractivity contribution is 6.22. The summed E-state index contributed by atoms with van der Waals surface area (Å²) < 4.78 is 6.97. The predicted octanol–water partition coefficient (Wildman–Crippen LogP) is 2.71. The zero-order valence-corrected chi connectivity index (χ0v) is 15.3. The van der Waals surface area contributed by atoms with E-state index in [4.69, 9.17) is 16.0 Å². The third-order valence-electron chi connectivity index (χ3n) is 5.60. The summed E-state index contributed by atoms with van der Waals surface area (Å²) in [4.78, 5) is 39.7. The zero-order chi connectivity index (χ0) is 18.6. The molecule has 1 aromatic carbocycles. The van der Waals surface area contributed by atoms with Gasteiger partial charge in [-0.1, -0.05) is 32.0 Å². The summed E-state index contributed by atoms with van der Waals surface area (Å²) >= 11 is 5.83. The van der Waals surface area contributed by atoms with Gasteiger partial charge in [0.15, 0.2) is 0 Å². The van der Waals surface area contributed by atoms with Crippen LogP contribution in [0.25, 0.3) is 0 Å². The summed E-state index contributed by atoms with van der Waals surface area (Å²) in [6.45, 7) is 4.04. The van der Waals surface area contributed by atoms with E-state index in [9.17, 15) is 14.4 Å². The van der Waals surface area contributed by atoms with Crippen molar-refractivity contribution in [3.05, 3.63) is 52.3 Å². The number of amides is 2. The minimum atomic E-state index is -0.528. The molecule has 1 aromatic heterocycles. The van der Waals surface area contributed by atoms with Gasteiger partial charge in [0, 0.05) is 24.3 Å². The predicted molar refractivity (Wildman–Crippen MR) is 96.4 cm³/mol. The number of para-hydroxylation sites is 1. The topological polar surface area (TPSA) is 72.5 Å². The number of benzene rings is 1. The molecule has 0 unspecified atom stereocenters. The van der Waals surface area contributed by atoms with E-state index < -0.39 is 17.6 Å². The van der Waals surface area contributed by atoms with Gasteiger partial charge in [-0.05, 0) is 12.1 Å². The van der Waals surface area contributed by atoms with E-state index in [1.54, 1.807) is 24.3 Å². The number of halogens is 1. The van der Waals surface area contributed by atoms with Gasteiger partial charge in [0.2, 0.25) is 11.8 Å². The molecular formula is C19H19ClN2O4. The van der Waals surface area contributed by atoms with Crippen LogP contribution in [0.1, 0.15) is 37.1 Å². The van der Waals surface area contributed by atoms with E-state index in [0.29, 0.717) is 23.7 Å². The van der Waals surface area contributed by atoms with Crippen molar-refractivity contribution in [3.8, 4) is 0 Å². The van der Waals surface area contributed by atoms with Crippen molar-refractivity contribution in [1.29, 1.82) is 0 Å². The Hall–Kier alpha value is -2.34. The largest absolute Gasteiger partial charge is 0.419 e. The maximum absolute atomic E-state index is 13.2. The minimum absolute atomic E-state index is 0.220. The minimum Gasteiger partial charge on any atom is -0.412 e. The average Bonchev–Trinajstić information content (AvgIpc) is 3.09. The van der Waals surface area contributed by atoms with E-state index in [0.717, 1.165) is 0 Å². The molecule has 26 heavy (non-hydrogen) atoms. The molecule has 0 radical (unpaired) electrons. The molecule has 0 saturated carbocycles. The second kappa shape index (κ2) is 6.13. The van der Waals surface area contributed by atoms with Gasteiger partial charge in [0.25, 0.3) is 0 Å². The Balaban J connectivity index is 1.83. The fraction of sp³-hybridized carbons (Fsp3) is 0.421. The van der Waals surface area contributed by atoms with Crippen LogP contribution in [0, 0.1) is 11.8 Å². The lowest BCUT2D eigenvalue weighted by Gasteiger charge is -2.32. The Kier molecular flexibility index (Phi) is 4.03. The normalized spacial score (nSPS) is 27.6. The van der Waals surface area contributed by atoms with Crippen LogP contribution in [0.3, 0.4) is 0 Å². The molecule has 2 amide bonds. The lowest BCUT2D eigenvalue weighted by atomic mass is 9.70. The summed E-state index contributed by atoms with van der Waals surface area (Å²) in [5.74, 6) is -1.84. The maximum Gasteiger partial charge on any atom is 0.419 e. The molecule has 6 nitrogen and oxygen atoms in total. The van der Waals surface area contributed by atoms with E-state index in [2.05, 4.69) is 0 Å². The summed E-state index contributed by atoms with van der Waals surface area (Å²) in [5, 5.41) is 0. The van der Waals surface area contributed by atoms with Crippen LogP contribution >= 0.6 is 11.6 Å². The molecule has 1 aliphatic heterocycles.